The van der Waals surface area contributed by atoms with Gasteiger partial charge in [0.05, 0.1) is 7.11 Å². The minimum Gasteiger partial charge on any atom is -0.497 e. The maximum absolute atomic E-state index is 11.9. The van der Waals surface area contributed by atoms with Crippen molar-refractivity contribution in [2.75, 3.05) is 20.2 Å². The van der Waals surface area contributed by atoms with Crippen molar-refractivity contribution in [2.45, 2.75) is 19.4 Å². The van der Waals surface area contributed by atoms with Gasteiger partial charge in [0.1, 0.15) is 5.75 Å². The topological polar surface area (TPSA) is 96.5 Å². The average molecular weight is 319 g/mol. The van der Waals surface area contributed by atoms with E-state index in [0.29, 0.717) is 18.6 Å². The van der Waals surface area contributed by atoms with Crippen LogP contribution in [0.25, 0.3) is 0 Å². The Morgan fingerprint density at radius 2 is 1.78 bits per heavy atom. The Balaban J connectivity index is 1.77. The van der Waals surface area contributed by atoms with E-state index in [-0.39, 0.29) is 18.4 Å². The fraction of sp³-hybridized carbons (Fsp3) is 0.438. The molecule has 7 heteroatoms. The highest BCUT2D eigenvalue weighted by molar-refractivity contribution is 6.37. The molecule has 0 aliphatic carbocycles. The lowest BCUT2D eigenvalue weighted by Crippen LogP contribution is -2.46. The molecule has 2 rings (SSSR count). The van der Waals surface area contributed by atoms with Gasteiger partial charge in [0.25, 0.3) is 0 Å². The fourth-order valence-corrected chi connectivity index (χ4v) is 2.36. The van der Waals surface area contributed by atoms with Gasteiger partial charge < -0.3 is 15.4 Å². The van der Waals surface area contributed by atoms with Crippen LogP contribution >= 0.6 is 0 Å². The van der Waals surface area contributed by atoms with Crippen LogP contribution in [0.1, 0.15) is 18.4 Å². The van der Waals surface area contributed by atoms with Crippen molar-refractivity contribution in [3.8, 4) is 5.75 Å². The average Bonchev–Trinajstić information content (AvgIpc) is 2.60. The number of methoxy groups -OCH3 is 1. The Kier molecular flexibility index (Phi) is 6.10. The normalized spacial score (nSPS) is 14.8. The van der Waals surface area contributed by atoms with Crippen LogP contribution in [0.5, 0.6) is 5.75 Å². The van der Waals surface area contributed by atoms with Gasteiger partial charge in [-0.15, -0.1) is 0 Å². The first-order valence-corrected chi connectivity index (χ1v) is 7.57. The minimum absolute atomic E-state index is 0.206. The lowest BCUT2D eigenvalue weighted by atomic mass is 9.97. The monoisotopic (exact) mass is 319 g/mol. The van der Waals surface area contributed by atoms with Crippen molar-refractivity contribution >= 4 is 17.7 Å². The zero-order valence-corrected chi connectivity index (χ0v) is 13.1. The molecule has 1 fully saturated rings. The molecular formula is C16H21N3O4. The van der Waals surface area contributed by atoms with Crippen molar-refractivity contribution in [1.29, 1.82) is 0 Å². The highest BCUT2D eigenvalue weighted by Crippen LogP contribution is 2.12. The highest BCUT2D eigenvalue weighted by atomic mass is 16.5. The van der Waals surface area contributed by atoms with Crippen LogP contribution in [-0.2, 0) is 20.9 Å². The van der Waals surface area contributed by atoms with Crippen molar-refractivity contribution in [3.05, 3.63) is 29.8 Å². The molecule has 7 nitrogen and oxygen atoms in total. The van der Waals surface area contributed by atoms with E-state index < -0.39 is 11.8 Å². The van der Waals surface area contributed by atoms with E-state index in [4.69, 9.17) is 4.74 Å². The van der Waals surface area contributed by atoms with Crippen LogP contribution in [0.2, 0.25) is 0 Å². The largest absolute Gasteiger partial charge is 0.497 e. The summed E-state index contributed by atoms with van der Waals surface area (Å²) in [7, 11) is 1.57. The molecule has 124 valence electrons. The first kappa shape index (κ1) is 17.0. The number of hydrogen-bond donors (Lipinski definition) is 3. The SMILES string of the molecule is COc1ccc(CNC(=O)C(=O)NC(=O)C2CCNCC2)cc1. The number of piperidine rings is 1. The van der Waals surface area contributed by atoms with Crippen LogP contribution in [-0.4, -0.2) is 37.9 Å². The first-order chi connectivity index (χ1) is 11.1. The number of nitrogens with one attached hydrogen (secondary N) is 3. The third-order valence-corrected chi connectivity index (χ3v) is 3.77. The number of imide groups is 1. The predicted octanol–water partition coefficient (Wildman–Crippen LogP) is -0.0462. The van der Waals surface area contributed by atoms with Gasteiger partial charge >= 0.3 is 11.8 Å². The molecular weight excluding hydrogens is 298 g/mol. The van der Waals surface area contributed by atoms with Crippen LogP contribution in [0.15, 0.2) is 24.3 Å². The second-order valence-corrected chi connectivity index (χ2v) is 5.37. The molecule has 0 saturated carbocycles. The summed E-state index contributed by atoms with van der Waals surface area (Å²) in [5.41, 5.74) is 0.830. The van der Waals surface area contributed by atoms with Gasteiger partial charge in [-0.2, -0.15) is 0 Å². The molecule has 0 bridgehead atoms. The molecule has 1 aliphatic rings. The van der Waals surface area contributed by atoms with Crippen molar-refractivity contribution in [1.82, 2.24) is 16.0 Å². The molecule has 0 atom stereocenters. The predicted molar refractivity (Wildman–Crippen MR) is 83.6 cm³/mol. The van der Waals surface area contributed by atoms with E-state index in [1.165, 1.54) is 0 Å². The van der Waals surface area contributed by atoms with Gasteiger partial charge in [0.15, 0.2) is 0 Å². The Labute approximate surface area is 134 Å². The van der Waals surface area contributed by atoms with E-state index in [1.807, 2.05) is 0 Å². The summed E-state index contributed by atoms with van der Waals surface area (Å²) in [5.74, 6) is -1.61. The Morgan fingerprint density at radius 3 is 2.39 bits per heavy atom. The minimum atomic E-state index is -0.915. The van der Waals surface area contributed by atoms with Gasteiger partial charge in [-0.25, -0.2) is 0 Å². The molecule has 0 radical (unpaired) electrons. The molecule has 1 heterocycles. The summed E-state index contributed by atoms with van der Waals surface area (Å²) < 4.78 is 5.04. The van der Waals surface area contributed by atoms with E-state index in [9.17, 15) is 14.4 Å². The maximum Gasteiger partial charge on any atom is 0.315 e. The van der Waals surface area contributed by atoms with Gasteiger partial charge in [-0.1, -0.05) is 12.1 Å². The zero-order chi connectivity index (χ0) is 16.7. The maximum atomic E-state index is 11.9. The molecule has 1 aliphatic heterocycles. The fourth-order valence-electron chi connectivity index (χ4n) is 2.36. The van der Waals surface area contributed by atoms with E-state index in [2.05, 4.69) is 16.0 Å². The van der Waals surface area contributed by atoms with Crippen LogP contribution < -0.4 is 20.7 Å². The third-order valence-electron chi connectivity index (χ3n) is 3.77. The van der Waals surface area contributed by atoms with Gasteiger partial charge in [-0.3, -0.25) is 19.7 Å². The molecule has 1 aromatic carbocycles. The number of carbonyl (C=O) groups is 3. The summed E-state index contributed by atoms with van der Waals surface area (Å²) >= 11 is 0. The number of amides is 3. The van der Waals surface area contributed by atoms with E-state index in [1.54, 1.807) is 31.4 Å². The van der Waals surface area contributed by atoms with Crippen LogP contribution in [0.3, 0.4) is 0 Å². The van der Waals surface area contributed by atoms with Crippen molar-refractivity contribution in [2.24, 2.45) is 5.92 Å². The Bertz CT molecular complexity index is 565. The van der Waals surface area contributed by atoms with Gasteiger partial charge in [0, 0.05) is 12.5 Å². The second-order valence-electron chi connectivity index (χ2n) is 5.37. The Morgan fingerprint density at radius 1 is 1.13 bits per heavy atom. The van der Waals surface area contributed by atoms with Gasteiger partial charge in [-0.05, 0) is 43.6 Å². The van der Waals surface area contributed by atoms with Crippen molar-refractivity contribution < 1.29 is 19.1 Å². The van der Waals surface area contributed by atoms with Gasteiger partial charge in [0.2, 0.25) is 5.91 Å². The summed E-state index contributed by atoms with van der Waals surface area (Å²) in [6.07, 6.45) is 1.35. The Hall–Kier alpha value is -2.41. The number of ether oxygens (including phenoxy) is 1. The van der Waals surface area contributed by atoms with E-state index in [0.717, 1.165) is 18.7 Å². The second kappa shape index (κ2) is 8.28. The molecule has 1 saturated heterocycles. The summed E-state index contributed by atoms with van der Waals surface area (Å²) in [4.78, 5) is 35.4. The third kappa shape index (κ3) is 5.07. The zero-order valence-electron chi connectivity index (χ0n) is 13.1. The lowest BCUT2D eigenvalue weighted by molar-refractivity contribution is -0.143. The quantitative estimate of drug-likeness (QED) is 0.677. The molecule has 0 spiro atoms. The number of benzene rings is 1. The summed E-state index contributed by atoms with van der Waals surface area (Å²) in [6.45, 7) is 1.70. The molecule has 0 unspecified atom stereocenters. The highest BCUT2D eigenvalue weighted by Gasteiger charge is 2.24. The molecule has 3 amide bonds. The number of hydrogen-bond acceptors (Lipinski definition) is 5. The number of rotatable bonds is 4. The van der Waals surface area contributed by atoms with Crippen LogP contribution in [0.4, 0.5) is 0 Å². The standard InChI is InChI=1S/C16H21N3O4/c1-23-13-4-2-11(3-5-13)10-18-15(21)16(22)19-14(20)12-6-8-17-9-7-12/h2-5,12,17H,6-10H2,1H3,(H,18,21)(H,19,20,22). The van der Waals surface area contributed by atoms with Crippen molar-refractivity contribution in [3.63, 3.8) is 0 Å². The first-order valence-electron chi connectivity index (χ1n) is 7.57. The molecule has 23 heavy (non-hydrogen) atoms. The summed E-state index contributed by atoms with van der Waals surface area (Å²) in [6, 6.07) is 7.11. The summed E-state index contributed by atoms with van der Waals surface area (Å²) in [5, 5.41) is 7.79. The van der Waals surface area contributed by atoms with Crippen LogP contribution in [0, 0.1) is 5.92 Å². The lowest BCUT2D eigenvalue weighted by Gasteiger charge is -2.21. The molecule has 0 aromatic heterocycles. The molecule has 3 N–H and O–H groups in total. The number of carbonyl (C=O) groups excluding carboxylic acids is 3. The molecule has 1 aromatic rings. The smallest absolute Gasteiger partial charge is 0.315 e. The van der Waals surface area contributed by atoms with E-state index >= 15 is 0 Å².